The number of carbonyl (C=O) groups is 1. The molecule has 0 aliphatic carbocycles. The zero-order valence-corrected chi connectivity index (χ0v) is 10.8. The second kappa shape index (κ2) is 5.39. The molecule has 1 aromatic rings. The minimum atomic E-state index is -0.811. The van der Waals surface area contributed by atoms with Crippen molar-refractivity contribution >= 4 is 17.7 Å². The van der Waals surface area contributed by atoms with Gasteiger partial charge in [-0.05, 0) is 19.8 Å². The Balaban J connectivity index is 2.88. The number of imidazole rings is 1. The van der Waals surface area contributed by atoms with Gasteiger partial charge in [-0.15, -0.1) is 0 Å². The minimum absolute atomic E-state index is 0.0251. The first kappa shape index (κ1) is 13.1. The molecule has 16 heavy (non-hydrogen) atoms. The van der Waals surface area contributed by atoms with Gasteiger partial charge < -0.3 is 9.67 Å². The average Bonchev–Trinajstić information content (AvgIpc) is 2.74. The molecule has 0 amide bonds. The van der Waals surface area contributed by atoms with Crippen molar-refractivity contribution in [2.24, 2.45) is 0 Å². The summed E-state index contributed by atoms with van der Waals surface area (Å²) in [6.45, 7) is 6.43. The molecule has 0 fully saturated rings. The SMILES string of the molecule is CCC(C)(CC)n1ccnc1SCC(=O)O. The van der Waals surface area contributed by atoms with Crippen molar-refractivity contribution in [3.05, 3.63) is 12.4 Å². The van der Waals surface area contributed by atoms with E-state index in [-0.39, 0.29) is 11.3 Å². The van der Waals surface area contributed by atoms with Crippen LogP contribution >= 0.6 is 11.8 Å². The van der Waals surface area contributed by atoms with Gasteiger partial charge in [-0.3, -0.25) is 4.79 Å². The lowest BCUT2D eigenvalue weighted by Gasteiger charge is -2.30. The molecule has 1 rings (SSSR count). The van der Waals surface area contributed by atoms with E-state index in [1.807, 2.05) is 6.20 Å². The third kappa shape index (κ3) is 2.78. The Bertz CT molecular complexity index is 359. The summed E-state index contributed by atoms with van der Waals surface area (Å²) in [5.74, 6) is -0.755. The molecule has 0 atom stereocenters. The van der Waals surface area contributed by atoms with Crippen LogP contribution in [-0.4, -0.2) is 26.4 Å². The van der Waals surface area contributed by atoms with E-state index in [9.17, 15) is 4.79 Å². The Morgan fingerprint density at radius 3 is 2.69 bits per heavy atom. The molecule has 0 aliphatic rings. The molecular weight excluding hydrogens is 224 g/mol. The fraction of sp³-hybridized carbons (Fsp3) is 0.636. The van der Waals surface area contributed by atoms with E-state index in [2.05, 4.69) is 30.3 Å². The molecule has 1 N–H and O–H groups in total. The number of rotatable bonds is 6. The highest BCUT2D eigenvalue weighted by Gasteiger charge is 2.24. The Labute approximate surface area is 100 Å². The molecule has 0 radical (unpaired) electrons. The van der Waals surface area contributed by atoms with Gasteiger partial charge in [0.25, 0.3) is 0 Å². The maximum absolute atomic E-state index is 10.5. The lowest BCUT2D eigenvalue weighted by Crippen LogP contribution is -2.28. The highest BCUT2D eigenvalue weighted by Crippen LogP contribution is 2.29. The number of aromatic nitrogens is 2. The summed E-state index contributed by atoms with van der Waals surface area (Å²) in [7, 11) is 0. The summed E-state index contributed by atoms with van der Waals surface area (Å²) in [4.78, 5) is 14.7. The van der Waals surface area contributed by atoms with Crippen molar-refractivity contribution < 1.29 is 9.90 Å². The van der Waals surface area contributed by atoms with Crippen LogP contribution in [-0.2, 0) is 10.3 Å². The third-order valence-corrected chi connectivity index (χ3v) is 3.99. The van der Waals surface area contributed by atoms with E-state index >= 15 is 0 Å². The van der Waals surface area contributed by atoms with Gasteiger partial charge >= 0.3 is 5.97 Å². The molecule has 0 saturated carbocycles. The largest absolute Gasteiger partial charge is 0.481 e. The van der Waals surface area contributed by atoms with E-state index < -0.39 is 5.97 Å². The van der Waals surface area contributed by atoms with Crippen molar-refractivity contribution in [1.82, 2.24) is 9.55 Å². The lowest BCUT2D eigenvalue weighted by atomic mass is 9.95. The smallest absolute Gasteiger partial charge is 0.313 e. The molecule has 0 aromatic carbocycles. The van der Waals surface area contributed by atoms with Crippen molar-refractivity contribution in [3.63, 3.8) is 0 Å². The molecular formula is C11H18N2O2S. The highest BCUT2D eigenvalue weighted by atomic mass is 32.2. The number of carboxylic acids is 1. The van der Waals surface area contributed by atoms with Crippen LogP contribution in [0.3, 0.4) is 0 Å². The average molecular weight is 242 g/mol. The van der Waals surface area contributed by atoms with Crippen LogP contribution < -0.4 is 0 Å². The quantitative estimate of drug-likeness (QED) is 0.779. The normalized spacial score (nSPS) is 11.7. The fourth-order valence-corrected chi connectivity index (χ4v) is 2.33. The van der Waals surface area contributed by atoms with Gasteiger partial charge in [0.1, 0.15) is 0 Å². The van der Waals surface area contributed by atoms with Gasteiger partial charge in [-0.25, -0.2) is 4.98 Å². The summed E-state index contributed by atoms with van der Waals surface area (Å²) in [6, 6.07) is 0. The van der Waals surface area contributed by atoms with Crippen LogP contribution in [0.25, 0.3) is 0 Å². The van der Waals surface area contributed by atoms with E-state index in [1.54, 1.807) is 6.20 Å². The predicted octanol–water partition coefficient (Wildman–Crippen LogP) is 2.60. The number of hydrogen-bond donors (Lipinski definition) is 1. The Morgan fingerprint density at radius 1 is 1.56 bits per heavy atom. The Hall–Kier alpha value is -0.970. The van der Waals surface area contributed by atoms with E-state index in [1.165, 1.54) is 11.8 Å². The molecule has 5 heteroatoms. The first-order valence-electron chi connectivity index (χ1n) is 5.42. The Kier molecular flexibility index (Phi) is 4.41. The standard InChI is InChI=1S/C11H18N2O2S/c1-4-11(3,5-2)13-7-6-12-10(13)16-8-9(14)15/h6-7H,4-5,8H2,1-3H3,(H,14,15). The monoisotopic (exact) mass is 242 g/mol. The highest BCUT2D eigenvalue weighted by molar-refractivity contribution is 7.99. The lowest BCUT2D eigenvalue weighted by molar-refractivity contribution is -0.133. The van der Waals surface area contributed by atoms with Crippen molar-refractivity contribution in [2.75, 3.05) is 5.75 Å². The summed E-state index contributed by atoms with van der Waals surface area (Å²) in [5, 5.41) is 9.45. The Morgan fingerprint density at radius 2 is 2.19 bits per heavy atom. The summed E-state index contributed by atoms with van der Waals surface area (Å²) in [5.41, 5.74) is 0.0251. The first-order valence-corrected chi connectivity index (χ1v) is 6.40. The van der Waals surface area contributed by atoms with Crippen LogP contribution in [0, 0.1) is 0 Å². The zero-order chi connectivity index (χ0) is 12.2. The van der Waals surface area contributed by atoms with Crippen LogP contribution in [0.5, 0.6) is 0 Å². The topological polar surface area (TPSA) is 55.1 Å². The van der Waals surface area contributed by atoms with Gasteiger partial charge in [0.2, 0.25) is 0 Å². The molecule has 1 heterocycles. The maximum Gasteiger partial charge on any atom is 0.313 e. The van der Waals surface area contributed by atoms with Crippen molar-refractivity contribution in [3.8, 4) is 0 Å². The minimum Gasteiger partial charge on any atom is -0.481 e. The molecule has 0 saturated heterocycles. The predicted molar refractivity (Wildman–Crippen MR) is 64.8 cm³/mol. The van der Waals surface area contributed by atoms with Crippen LogP contribution in [0.4, 0.5) is 0 Å². The summed E-state index contributed by atoms with van der Waals surface area (Å²) < 4.78 is 2.08. The molecule has 0 bridgehead atoms. The first-order chi connectivity index (χ1) is 7.53. The van der Waals surface area contributed by atoms with E-state index in [0.29, 0.717) is 0 Å². The molecule has 0 spiro atoms. The molecule has 0 aliphatic heterocycles. The second-order valence-corrected chi connectivity index (χ2v) is 4.91. The van der Waals surface area contributed by atoms with Crippen LogP contribution in [0.2, 0.25) is 0 Å². The summed E-state index contributed by atoms with van der Waals surface area (Å²) >= 11 is 1.27. The van der Waals surface area contributed by atoms with Gasteiger partial charge in [-0.1, -0.05) is 25.6 Å². The van der Waals surface area contributed by atoms with Crippen LogP contribution in [0.1, 0.15) is 33.6 Å². The van der Waals surface area contributed by atoms with Gasteiger partial charge in [0.15, 0.2) is 5.16 Å². The van der Waals surface area contributed by atoms with Crippen molar-refractivity contribution in [2.45, 2.75) is 44.3 Å². The summed E-state index contributed by atoms with van der Waals surface area (Å²) in [6.07, 6.45) is 5.66. The van der Waals surface area contributed by atoms with Crippen molar-refractivity contribution in [1.29, 1.82) is 0 Å². The number of hydrogen-bond acceptors (Lipinski definition) is 3. The van der Waals surface area contributed by atoms with Gasteiger partial charge in [-0.2, -0.15) is 0 Å². The maximum atomic E-state index is 10.5. The molecule has 4 nitrogen and oxygen atoms in total. The van der Waals surface area contributed by atoms with E-state index in [0.717, 1.165) is 18.0 Å². The van der Waals surface area contributed by atoms with Crippen LogP contribution in [0.15, 0.2) is 17.6 Å². The second-order valence-electron chi connectivity index (χ2n) is 3.97. The zero-order valence-electron chi connectivity index (χ0n) is 9.93. The number of carboxylic acid groups (broad SMARTS) is 1. The van der Waals surface area contributed by atoms with E-state index in [4.69, 9.17) is 5.11 Å². The number of aliphatic carboxylic acids is 1. The molecule has 0 unspecified atom stereocenters. The van der Waals surface area contributed by atoms with Gasteiger partial charge in [0, 0.05) is 17.9 Å². The van der Waals surface area contributed by atoms with Gasteiger partial charge in [0.05, 0.1) is 5.75 Å². The number of nitrogens with zero attached hydrogens (tertiary/aromatic N) is 2. The third-order valence-electron chi connectivity index (χ3n) is 3.04. The molecule has 1 aromatic heterocycles. The number of thioether (sulfide) groups is 1. The fourth-order valence-electron chi connectivity index (χ4n) is 1.52. The molecule has 90 valence electrons.